The van der Waals surface area contributed by atoms with Crippen molar-refractivity contribution < 1.29 is 34.1 Å². The highest BCUT2D eigenvalue weighted by atomic mass is 127. The van der Waals surface area contributed by atoms with Gasteiger partial charge in [0.25, 0.3) is 11.8 Å². The molecule has 1 atom stereocenters. The predicted molar refractivity (Wildman–Crippen MR) is 124 cm³/mol. The minimum absolute atomic E-state index is 0.00707. The second-order valence-corrected chi connectivity index (χ2v) is 8.41. The Bertz CT molecular complexity index is 817. The molecule has 1 aromatic carbocycles. The Labute approximate surface area is 200 Å². The number of rotatable bonds is 8. The first kappa shape index (κ1) is 25.2. The number of halogens is 3. The molecule has 3 amide bonds. The number of carboxylic acid groups (broad SMARTS) is 1. The van der Waals surface area contributed by atoms with Gasteiger partial charge in [-0.1, -0.05) is 0 Å². The molecule has 5 N–H and O–H groups in total. The van der Waals surface area contributed by atoms with Gasteiger partial charge in [-0.3, -0.25) is 14.4 Å². The van der Waals surface area contributed by atoms with Gasteiger partial charge in [0.05, 0.1) is 30.6 Å². The second kappa shape index (κ2) is 11.4. The lowest BCUT2D eigenvalue weighted by Gasteiger charge is -2.20. The molecule has 0 aromatic heterocycles. The zero-order valence-electron chi connectivity index (χ0n) is 14.6. The lowest BCUT2D eigenvalue weighted by Crippen LogP contribution is -2.44. The van der Waals surface area contributed by atoms with E-state index in [1.807, 2.05) is 67.8 Å². The number of carbonyl (C=O) groups is 4. The first-order valence-electron chi connectivity index (χ1n) is 7.46. The number of hydrogen-bond acceptors (Lipinski definition) is 6. The van der Waals surface area contributed by atoms with Gasteiger partial charge in [0.15, 0.2) is 6.04 Å². The Hall–Kier alpha value is -0.790. The van der Waals surface area contributed by atoms with Crippen LogP contribution in [0.3, 0.4) is 0 Å². The molecule has 1 aromatic rings. The molecule has 0 aliphatic heterocycles. The Morgan fingerprint density at radius 1 is 1.04 bits per heavy atom. The summed E-state index contributed by atoms with van der Waals surface area (Å²) in [5.74, 6) is -3.20. The van der Waals surface area contributed by atoms with Crippen LogP contribution in [0.25, 0.3) is 0 Å². The quantitative estimate of drug-likeness (QED) is 0.246. The molecule has 0 saturated heterocycles. The molecule has 0 fully saturated rings. The normalized spacial score (nSPS) is 11.5. The number of ether oxygens (including phenoxy) is 1. The van der Waals surface area contributed by atoms with Crippen LogP contribution in [0.15, 0.2) is 0 Å². The molecular formula is C15H16I3N3O7. The number of benzene rings is 1. The third-order valence-electron chi connectivity index (χ3n) is 3.32. The van der Waals surface area contributed by atoms with Gasteiger partial charge in [0.2, 0.25) is 5.91 Å². The number of carboxylic acids is 1. The average molecular weight is 731 g/mol. The first-order valence-corrected chi connectivity index (χ1v) is 10.7. The molecule has 10 nitrogen and oxygen atoms in total. The number of methoxy groups -OCH3 is 1. The SMILES string of the molecule is CNC(=O)c1c(I)c(NC(=O)COC)c(I)c(C(=O)NC(CO)C(=O)O)c1I. The van der Waals surface area contributed by atoms with Crippen molar-refractivity contribution in [3.8, 4) is 0 Å². The molecule has 1 unspecified atom stereocenters. The molecule has 1 rings (SSSR count). The Morgan fingerprint density at radius 2 is 1.57 bits per heavy atom. The van der Waals surface area contributed by atoms with Crippen LogP contribution < -0.4 is 16.0 Å². The summed E-state index contributed by atoms with van der Waals surface area (Å²) in [6, 6.07) is -1.52. The summed E-state index contributed by atoms with van der Waals surface area (Å²) < 4.78 is 5.77. The summed E-state index contributed by atoms with van der Waals surface area (Å²) in [7, 11) is 2.76. The van der Waals surface area contributed by atoms with Crippen molar-refractivity contribution >= 4 is 97.2 Å². The van der Waals surface area contributed by atoms with Crippen molar-refractivity contribution in [3.63, 3.8) is 0 Å². The van der Waals surface area contributed by atoms with Gasteiger partial charge in [-0.2, -0.15) is 0 Å². The fraction of sp³-hybridized carbons (Fsp3) is 0.333. The zero-order chi connectivity index (χ0) is 21.6. The van der Waals surface area contributed by atoms with Crippen LogP contribution in [-0.4, -0.2) is 67.3 Å². The average Bonchev–Trinajstić information content (AvgIpc) is 2.62. The number of aliphatic carboxylic acids is 1. The van der Waals surface area contributed by atoms with E-state index < -0.39 is 36.3 Å². The minimum Gasteiger partial charge on any atom is -0.480 e. The number of nitrogens with one attached hydrogen (secondary N) is 3. The van der Waals surface area contributed by atoms with Gasteiger partial charge < -0.3 is 30.9 Å². The zero-order valence-corrected chi connectivity index (χ0v) is 21.0. The van der Waals surface area contributed by atoms with Crippen molar-refractivity contribution in [3.05, 3.63) is 21.8 Å². The maximum Gasteiger partial charge on any atom is 0.328 e. The third kappa shape index (κ3) is 5.86. The Morgan fingerprint density at radius 3 is 2.00 bits per heavy atom. The van der Waals surface area contributed by atoms with E-state index in [2.05, 4.69) is 16.0 Å². The van der Waals surface area contributed by atoms with Crippen molar-refractivity contribution in [2.75, 3.05) is 32.7 Å². The first-order chi connectivity index (χ1) is 13.1. The molecule has 0 heterocycles. The molecule has 154 valence electrons. The standard InChI is InChI=1S/C15H16I3N3O7/c1-19-13(24)7-9(16)8(14(25)20-5(3-22)15(26)27)11(18)12(10(7)17)21-6(23)4-28-2/h5,22H,3-4H2,1-2H3,(H,19,24)(H,20,25)(H,21,23)(H,26,27). The van der Waals surface area contributed by atoms with Crippen LogP contribution >= 0.6 is 67.8 Å². The molecule has 0 spiro atoms. The van der Waals surface area contributed by atoms with E-state index in [1.54, 1.807) is 0 Å². The van der Waals surface area contributed by atoms with E-state index >= 15 is 0 Å². The Kier molecular flexibility index (Phi) is 10.3. The van der Waals surface area contributed by atoms with Crippen LogP contribution in [-0.2, 0) is 14.3 Å². The molecule has 0 bridgehead atoms. The van der Waals surface area contributed by atoms with Crippen molar-refractivity contribution in [1.82, 2.24) is 10.6 Å². The molecule has 0 saturated carbocycles. The summed E-state index contributed by atoms with van der Waals surface area (Å²) in [4.78, 5) is 48.2. The largest absolute Gasteiger partial charge is 0.480 e. The maximum absolute atomic E-state index is 12.7. The summed E-state index contributed by atoms with van der Waals surface area (Å²) in [5, 5.41) is 25.5. The number of aliphatic hydroxyl groups excluding tert-OH is 1. The topological polar surface area (TPSA) is 154 Å². The van der Waals surface area contributed by atoms with Gasteiger partial charge in [-0.15, -0.1) is 0 Å². The highest BCUT2D eigenvalue weighted by Gasteiger charge is 2.30. The minimum atomic E-state index is -1.52. The summed E-state index contributed by atoms with van der Waals surface area (Å²) >= 11 is 5.52. The summed E-state index contributed by atoms with van der Waals surface area (Å²) in [5.41, 5.74) is 0.383. The van der Waals surface area contributed by atoms with Crippen molar-refractivity contribution in [2.24, 2.45) is 0 Å². The maximum atomic E-state index is 12.7. The van der Waals surface area contributed by atoms with E-state index in [0.29, 0.717) is 7.14 Å². The third-order valence-corrected chi connectivity index (χ3v) is 6.56. The fourth-order valence-corrected chi connectivity index (χ4v) is 6.44. The van der Waals surface area contributed by atoms with Crippen LogP contribution in [0.4, 0.5) is 5.69 Å². The smallest absolute Gasteiger partial charge is 0.328 e. The monoisotopic (exact) mass is 731 g/mol. The van der Waals surface area contributed by atoms with Crippen molar-refractivity contribution in [2.45, 2.75) is 6.04 Å². The summed E-state index contributed by atoms with van der Waals surface area (Å²) in [6.45, 7) is -1.04. The number of aliphatic hydroxyl groups is 1. The van der Waals surface area contributed by atoms with E-state index in [0.717, 1.165) is 0 Å². The molecule has 13 heteroatoms. The van der Waals surface area contributed by atoms with Gasteiger partial charge in [-0.25, -0.2) is 4.79 Å². The summed E-state index contributed by atoms with van der Waals surface area (Å²) in [6.07, 6.45) is 0. The molecule has 0 radical (unpaired) electrons. The Balaban J connectivity index is 3.61. The van der Waals surface area contributed by atoms with Gasteiger partial charge in [0, 0.05) is 17.7 Å². The van der Waals surface area contributed by atoms with Crippen LogP contribution in [0.2, 0.25) is 0 Å². The van der Waals surface area contributed by atoms with Gasteiger partial charge >= 0.3 is 5.97 Å². The van der Waals surface area contributed by atoms with E-state index in [4.69, 9.17) is 14.9 Å². The molecule has 28 heavy (non-hydrogen) atoms. The fourth-order valence-electron chi connectivity index (χ4n) is 2.02. The highest BCUT2D eigenvalue weighted by molar-refractivity contribution is 14.1. The van der Waals surface area contributed by atoms with E-state index in [1.165, 1.54) is 14.2 Å². The number of amides is 3. The van der Waals surface area contributed by atoms with E-state index in [-0.39, 0.29) is 27.0 Å². The molecule has 0 aliphatic carbocycles. The predicted octanol–water partition coefficient (Wildman–Crippen LogP) is 0.620. The number of hydrogen-bond donors (Lipinski definition) is 5. The van der Waals surface area contributed by atoms with Crippen molar-refractivity contribution in [1.29, 1.82) is 0 Å². The highest BCUT2D eigenvalue weighted by Crippen LogP contribution is 2.35. The lowest BCUT2D eigenvalue weighted by atomic mass is 10.1. The second-order valence-electron chi connectivity index (χ2n) is 5.17. The van der Waals surface area contributed by atoms with Gasteiger partial charge in [-0.05, 0) is 67.8 Å². The van der Waals surface area contributed by atoms with Crippen LogP contribution in [0.5, 0.6) is 0 Å². The van der Waals surface area contributed by atoms with Crippen LogP contribution in [0, 0.1) is 10.7 Å². The lowest BCUT2D eigenvalue weighted by molar-refractivity contribution is -0.140. The van der Waals surface area contributed by atoms with Crippen LogP contribution in [0.1, 0.15) is 20.7 Å². The number of carbonyl (C=O) groups excluding carboxylic acids is 3. The van der Waals surface area contributed by atoms with Gasteiger partial charge in [0.1, 0.15) is 6.61 Å². The van der Waals surface area contributed by atoms with E-state index in [9.17, 15) is 19.2 Å². The molecule has 0 aliphatic rings. The molecular weight excluding hydrogens is 715 g/mol. The number of anilines is 1.